The first-order chi connectivity index (χ1) is 18.6. The highest BCUT2D eigenvalue weighted by Gasteiger charge is 2.20. The van der Waals surface area contributed by atoms with E-state index in [-0.39, 0.29) is 11.9 Å². The summed E-state index contributed by atoms with van der Waals surface area (Å²) < 4.78 is 9.75. The molecule has 0 amide bonds. The van der Waals surface area contributed by atoms with E-state index < -0.39 is 0 Å². The lowest BCUT2D eigenvalue weighted by Gasteiger charge is -2.17. The number of benzene rings is 5. The molecule has 0 aliphatic heterocycles. The van der Waals surface area contributed by atoms with Crippen LogP contribution in [0.5, 0.6) is 0 Å². The Morgan fingerprint density at radius 1 is 0.526 bits per heavy atom. The lowest BCUT2D eigenvalue weighted by molar-refractivity contribution is 0.0592. The second-order valence-electron chi connectivity index (χ2n) is 8.84. The molecule has 1 aromatic heterocycles. The van der Waals surface area contributed by atoms with Gasteiger partial charge in [0.2, 0.25) is 0 Å². The zero-order valence-electron chi connectivity index (χ0n) is 20.8. The average molecular weight is 499 g/mol. The van der Waals surface area contributed by atoms with E-state index in [9.17, 15) is 9.59 Å². The van der Waals surface area contributed by atoms with Gasteiger partial charge in [-0.15, -0.1) is 0 Å². The quantitative estimate of drug-likeness (QED) is 0.196. The number of para-hydroxylation sites is 2. The van der Waals surface area contributed by atoms with Crippen LogP contribution in [0, 0.1) is 0 Å². The number of esters is 2. The van der Waals surface area contributed by atoms with Crippen molar-refractivity contribution in [3.8, 4) is 22.3 Å². The smallest absolute Gasteiger partial charge is 0.337 e. The maximum Gasteiger partial charge on any atom is 0.337 e. The summed E-state index contributed by atoms with van der Waals surface area (Å²) in [4.78, 5) is 34.3. The highest BCUT2D eigenvalue weighted by atomic mass is 16.5. The minimum absolute atomic E-state index is 0.386. The molecule has 6 nitrogen and oxygen atoms in total. The van der Waals surface area contributed by atoms with Crippen LogP contribution < -0.4 is 0 Å². The second-order valence-corrected chi connectivity index (χ2v) is 8.84. The first-order valence-electron chi connectivity index (χ1n) is 12.1. The summed E-state index contributed by atoms with van der Waals surface area (Å²) in [7, 11) is 2.74. The molecule has 184 valence electrons. The molecule has 0 bridgehead atoms. The van der Waals surface area contributed by atoms with Crippen LogP contribution in [-0.4, -0.2) is 36.1 Å². The molecule has 0 N–H and O–H groups in total. The number of fused-ring (bicyclic) bond motifs is 3. The molecule has 0 radical (unpaired) electrons. The molecule has 1 heterocycles. The Morgan fingerprint density at radius 3 is 1.26 bits per heavy atom. The van der Waals surface area contributed by atoms with Crippen molar-refractivity contribution in [2.75, 3.05) is 14.2 Å². The van der Waals surface area contributed by atoms with Gasteiger partial charge >= 0.3 is 11.9 Å². The summed E-state index contributed by atoms with van der Waals surface area (Å²) in [6.45, 7) is 0. The number of carbonyl (C=O) groups is 2. The van der Waals surface area contributed by atoms with E-state index in [0.717, 1.165) is 55.1 Å². The molecule has 0 aliphatic carbocycles. The van der Waals surface area contributed by atoms with Gasteiger partial charge in [-0.05, 0) is 58.3 Å². The number of ether oxygens (including phenoxy) is 2. The molecule has 6 aromatic rings. The van der Waals surface area contributed by atoms with Gasteiger partial charge in [-0.2, -0.15) is 0 Å². The summed E-state index contributed by atoms with van der Waals surface area (Å²) in [5.41, 5.74) is 7.71. The minimum Gasteiger partial charge on any atom is -0.465 e. The number of carbonyl (C=O) groups excluding carboxylic acids is 2. The Morgan fingerprint density at radius 2 is 0.895 bits per heavy atom. The van der Waals surface area contributed by atoms with Crippen LogP contribution in [0.4, 0.5) is 0 Å². The number of methoxy groups -OCH3 is 2. The molecule has 0 aliphatic rings. The Hall–Kier alpha value is -5.10. The van der Waals surface area contributed by atoms with Gasteiger partial charge in [0.25, 0.3) is 0 Å². The van der Waals surface area contributed by atoms with Crippen molar-refractivity contribution in [2.45, 2.75) is 0 Å². The lowest BCUT2D eigenvalue weighted by Crippen LogP contribution is -2.01. The van der Waals surface area contributed by atoms with Crippen LogP contribution >= 0.6 is 0 Å². The highest BCUT2D eigenvalue weighted by Crippen LogP contribution is 2.42. The van der Waals surface area contributed by atoms with Gasteiger partial charge in [-0.25, -0.2) is 19.6 Å². The standard InChI is InChI=1S/C32H22N2O4/c1-37-31(35)21-15-11-19(12-16-21)27-23-7-3-4-8-24(23)28(20-13-17-22(18-14-20)32(36)38-2)30-29(27)33-25-9-5-6-10-26(25)34-30/h3-18H,1-2H3. The predicted octanol–water partition coefficient (Wildman–Crippen LogP) is 6.84. The third-order valence-electron chi connectivity index (χ3n) is 6.70. The number of hydrogen-bond acceptors (Lipinski definition) is 6. The van der Waals surface area contributed by atoms with E-state index in [0.29, 0.717) is 11.1 Å². The van der Waals surface area contributed by atoms with Crippen LogP contribution in [-0.2, 0) is 9.47 Å². The Balaban J connectivity index is 1.71. The Bertz CT molecular complexity index is 1720. The van der Waals surface area contributed by atoms with Gasteiger partial charge in [-0.1, -0.05) is 60.7 Å². The van der Waals surface area contributed by atoms with Crippen LogP contribution in [0.2, 0.25) is 0 Å². The Kier molecular flexibility index (Phi) is 5.77. The number of aromatic nitrogens is 2. The van der Waals surface area contributed by atoms with Crippen molar-refractivity contribution in [1.82, 2.24) is 9.97 Å². The highest BCUT2D eigenvalue weighted by molar-refractivity contribution is 6.20. The molecule has 0 unspecified atom stereocenters. The molecule has 5 aromatic carbocycles. The summed E-state index contributed by atoms with van der Waals surface area (Å²) in [6.07, 6.45) is 0. The largest absolute Gasteiger partial charge is 0.465 e. The molecule has 0 saturated heterocycles. The van der Waals surface area contributed by atoms with E-state index in [1.54, 1.807) is 24.3 Å². The van der Waals surface area contributed by atoms with Crippen molar-refractivity contribution in [3.05, 3.63) is 108 Å². The van der Waals surface area contributed by atoms with Gasteiger partial charge < -0.3 is 9.47 Å². The monoisotopic (exact) mass is 498 g/mol. The number of rotatable bonds is 4. The molecule has 38 heavy (non-hydrogen) atoms. The normalized spacial score (nSPS) is 11.1. The van der Waals surface area contributed by atoms with Crippen molar-refractivity contribution in [1.29, 1.82) is 0 Å². The summed E-state index contributed by atoms with van der Waals surface area (Å²) >= 11 is 0. The minimum atomic E-state index is -0.386. The van der Waals surface area contributed by atoms with Crippen LogP contribution in [0.15, 0.2) is 97.1 Å². The summed E-state index contributed by atoms with van der Waals surface area (Å²) in [5.74, 6) is -0.773. The number of hydrogen-bond donors (Lipinski definition) is 0. The SMILES string of the molecule is COC(=O)c1ccc(-c2c3ccccc3c(-c3ccc(C(=O)OC)cc3)c3nc4ccccc4nc23)cc1. The lowest BCUT2D eigenvalue weighted by atomic mass is 9.89. The first-order valence-corrected chi connectivity index (χ1v) is 12.1. The molecule has 0 spiro atoms. The van der Waals surface area contributed by atoms with Gasteiger partial charge in [-0.3, -0.25) is 0 Å². The van der Waals surface area contributed by atoms with Gasteiger partial charge in [0.05, 0.1) is 47.4 Å². The fraction of sp³-hybridized carbons (Fsp3) is 0.0625. The molecule has 0 saturated carbocycles. The first kappa shape index (κ1) is 23.3. The van der Waals surface area contributed by atoms with E-state index in [1.807, 2.05) is 60.7 Å². The topological polar surface area (TPSA) is 78.4 Å². The zero-order chi connectivity index (χ0) is 26.2. The molecular weight excluding hydrogens is 476 g/mol. The van der Waals surface area contributed by atoms with Crippen LogP contribution in [0.3, 0.4) is 0 Å². The molecule has 0 fully saturated rings. The van der Waals surface area contributed by atoms with Crippen molar-refractivity contribution in [3.63, 3.8) is 0 Å². The van der Waals surface area contributed by atoms with E-state index in [4.69, 9.17) is 19.4 Å². The third-order valence-corrected chi connectivity index (χ3v) is 6.70. The molecular formula is C32H22N2O4. The molecule has 6 heteroatoms. The molecule has 6 rings (SSSR count). The second kappa shape index (κ2) is 9.41. The van der Waals surface area contributed by atoms with Crippen LogP contribution in [0.1, 0.15) is 20.7 Å². The fourth-order valence-corrected chi connectivity index (χ4v) is 4.89. The van der Waals surface area contributed by atoms with Gasteiger partial charge in [0, 0.05) is 11.1 Å². The number of nitrogens with zero attached hydrogens (tertiary/aromatic N) is 2. The fourth-order valence-electron chi connectivity index (χ4n) is 4.89. The maximum absolute atomic E-state index is 12.0. The summed E-state index contributed by atoms with van der Waals surface area (Å²) in [5, 5.41) is 2.00. The third kappa shape index (κ3) is 3.83. The van der Waals surface area contributed by atoms with E-state index in [1.165, 1.54) is 14.2 Å². The van der Waals surface area contributed by atoms with E-state index >= 15 is 0 Å². The van der Waals surface area contributed by atoms with Gasteiger partial charge in [0.15, 0.2) is 0 Å². The van der Waals surface area contributed by atoms with E-state index in [2.05, 4.69) is 12.1 Å². The van der Waals surface area contributed by atoms with Gasteiger partial charge in [0.1, 0.15) is 0 Å². The van der Waals surface area contributed by atoms with Crippen molar-refractivity contribution in [2.24, 2.45) is 0 Å². The van der Waals surface area contributed by atoms with Crippen LogP contribution in [0.25, 0.3) is 55.1 Å². The summed E-state index contributed by atoms with van der Waals surface area (Å²) in [6, 6.07) is 30.6. The average Bonchev–Trinajstić information content (AvgIpc) is 2.98. The Labute approximate surface area is 218 Å². The predicted molar refractivity (Wildman–Crippen MR) is 148 cm³/mol. The molecule has 0 atom stereocenters. The van der Waals surface area contributed by atoms with Crippen molar-refractivity contribution < 1.29 is 19.1 Å². The zero-order valence-corrected chi connectivity index (χ0v) is 20.8. The van der Waals surface area contributed by atoms with Crippen molar-refractivity contribution >= 4 is 44.8 Å². The maximum atomic E-state index is 12.0.